The molecule has 15 rings (SSSR count). The summed E-state index contributed by atoms with van der Waals surface area (Å²) >= 11 is 0. The normalized spacial score (nSPS) is 25.0. The van der Waals surface area contributed by atoms with Crippen LogP contribution < -0.4 is 26.6 Å². The standard InChI is InChI=1S/2C21H33N5O4.C21H32N4O4.C20H32N6O4.C20H31N5O4/c1-15-12-16(6-7-17(15)26-23-9-10-24-26)22-8-4-2-3-5-11-25-13-19(28)21(30)20(29)18(25)14-27;1-15-12-16(6-7-17(15)26-11-9-23-24-26)22-8-4-2-3-5-10-25-13-19(28)21(30)20(29)18(25)14-27;26-15-18-20(28)21(29)19(27)14-24(18)12-4-2-1-3-10-22-16-6-8-17(9-7-16)25-13-5-11-23-25;1-14-10-15(6-7-16(14)26-13-22-23-24-26)21-8-4-2-3-5-9-25-11-18(28)20(30)19(29)17(25)12-27;26-12-17-19(28)20(29)18(27)11-24(17)10-4-2-1-3-9-22-15-5-7-16(8-6-15)25-14-21-13-23-25/h6-7,9-10,12,18-22,27-30H,2-5,8,11,13-14H2,1H3;6-7,9,11-12,18-22,27-30H,2-5,8,10,13-14H2,1H3;5-9,11,13,18-22,26-29H,1-4,10,12,14-15H2;6-7,10,13,17-21,27-30H,2-5,8-9,11-12H2,1H3;5-8,13-14,17-20,22,26-29H,1-4,9-12H2/t3*18-,19+,20-,21-;2*17-,18+,19-,20-/m11111/s1. The Balaban J connectivity index is 0.000000176. The van der Waals surface area contributed by atoms with E-state index in [1.165, 1.54) is 6.33 Å². The molecular weight excluding hydrogens is 1910 g/mol. The summed E-state index contributed by atoms with van der Waals surface area (Å²) in [6.07, 6.45) is 18.9. The number of hydrogen-bond donors (Lipinski definition) is 25. The van der Waals surface area contributed by atoms with Gasteiger partial charge in [-0.2, -0.15) is 25.2 Å². The number of hydrogen-bond acceptors (Lipinski definition) is 40. The first-order chi connectivity index (χ1) is 71.7. The minimum atomic E-state index is -1.20. The third-order valence-electron chi connectivity index (χ3n) is 28.3. The number of piperidine rings is 5. The van der Waals surface area contributed by atoms with Crippen molar-refractivity contribution in [1.29, 1.82) is 0 Å². The minimum Gasteiger partial charge on any atom is -0.395 e. The fourth-order valence-electron chi connectivity index (χ4n) is 19.5. The van der Waals surface area contributed by atoms with Crippen LogP contribution in [0, 0.1) is 20.8 Å². The third-order valence-corrected chi connectivity index (χ3v) is 28.3. The highest BCUT2D eigenvalue weighted by molar-refractivity contribution is 5.56. The lowest BCUT2D eigenvalue weighted by Crippen LogP contribution is -2.62. The molecule has 20 atom stereocenters. The van der Waals surface area contributed by atoms with Gasteiger partial charge in [-0.05, 0) is 254 Å². The number of β-amino-alcohol motifs (C(OH)–C–C–N with tert-alkyl or cyclic N) is 5. The van der Waals surface area contributed by atoms with Gasteiger partial charge in [-0.1, -0.05) is 69.4 Å². The van der Waals surface area contributed by atoms with E-state index < -0.39 is 122 Å². The van der Waals surface area contributed by atoms with Crippen LogP contribution in [0.15, 0.2) is 165 Å². The summed E-state index contributed by atoms with van der Waals surface area (Å²) < 4.78 is 6.93. The summed E-state index contributed by atoms with van der Waals surface area (Å²) in [5, 5.41) is 248. The number of aromatic nitrogens is 15. The van der Waals surface area contributed by atoms with Gasteiger partial charge >= 0.3 is 0 Å². The molecule has 45 nitrogen and oxygen atoms in total. The second-order valence-electron chi connectivity index (χ2n) is 39.0. The minimum absolute atomic E-state index is 0.228. The second-order valence-corrected chi connectivity index (χ2v) is 39.0. The number of benzene rings is 5. The van der Waals surface area contributed by atoms with Crippen LogP contribution in [-0.4, -0.2) is 454 Å². The van der Waals surface area contributed by atoms with Crippen molar-refractivity contribution in [3.63, 3.8) is 0 Å². The van der Waals surface area contributed by atoms with Crippen LogP contribution in [0.4, 0.5) is 28.4 Å². The highest BCUT2D eigenvalue weighted by Crippen LogP contribution is 2.30. The lowest BCUT2D eigenvalue weighted by molar-refractivity contribution is -0.145. The molecule has 0 radical (unpaired) electrons. The molecule has 818 valence electrons. The Hall–Kier alpha value is -10.2. The van der Waals surface area contributed by atoms with E-state index in [2.05, 4.69) is 103 Å². The zero-order valence-corrected chi connectivity index (χ0v) is 85.3. The van der Waals surface area contributed by atoms with Gasteiger partial charge in [0.1, 0.15) is 80.0 Å². The molecule has 5 fully saturated rings. The van der Waals surface area contributed by atoms with Crippen molar-refractivity contribution >= 4 is 28.4 Å². The van der Waals surface area contributed by atoms with Crippen molar-refractivity contribution in [2.75, 3.05) is 158 Å². The molecule has 5 aromatic heterocycles. The van der Waals surface area contributed by atoms with Crippen LogP contribution in [-0.2, 0) is 0 Å². The molecule has 25 N–H and O–H groups in total. The van der Waals surface area contributed by atoms with Crippen LogP contribution in [0.5, 0.6) is 0 Å². The summed E-state index contributed by atoms with van der Waals surface area (Å²) in [7, 11) is 0. The molecule has 5 aliphatic rings. The number of nitrogens with zero attached hydrogens (tertiary/aromatic N) is 20. The van der Waals surface area contributed by atoms with Gasteiger partial charge in [-0.15, -0.1) is 10.2 Å². The van der Waals surface area contributed by atoms with Crippen molar-refractivity contribution in [1.82, 2.24) is 99.2 Å². The predicted molar refractivity (Wildman–Crippen MR) is 558 cm³/mol. The van der Waals surface area contributed by atoms with Crippen molar-refractivity contribution in [3.8, 4) is 28.4 Å². The molecule has 0 unspecified atom stereocenters. The van der Waals surface area contributed by atoms with E-state index in [4.69, 9.17) is 0 Å². The van der Waals surface area contributed by atoms with E-state index in [-0.39, 0.29) is 65.8 Å². The van der Waals surface area contributed by atoms with Crippen molar-refractivity contribution in [2.24, 2.45) is 0 Å². The summed E-state index contributed by atoms with van der Waals surface area (Å²) in [5.41, 5.74) is 13.6. The molecule has 5 aliphatic heterocycles. The van der Waals surface area contributed by atoms with Gasteiger partial charge in [0.25, 0.3) is 0 Å². The number of aliphatic hydroxyl groups excluding tert-OH is 20. The topological polar surface area (TPSA) is 634 Å². The van der Waals surface area contributed by atoms with Crippen molar-refractivity contribution in [2.45, 2.75) is 271 Å². The number of tetrazole rings is 1. The fraction of sp³-hybridized carbons (Fsp3) is 0.612. The van der Waals surface area contributed by atoms with E-state index in [1.54, 1.807) is 56.3 Å². The first-order valence-electron chi connectivity index (χ1n) is 52.2. The highest BCUT2D eigenvalue weighted by atomic mass is 16.4. The second kappa shape index (κ2) is 62.6. The van der Waals surface area contributed by atoms with E-state index in [9.17, 15) is 102 Å². The number of aryl methyl sites for hydroxylation is 3. The Labute approximate surface area is 864 Å². The number of nitrogens with one attached hydrogen (secondary N) is 5. The van der Waals surface area contributed by atoms with Gasteiger partial charge < -0.3 is 129 Å². The van der Waals surface area contributed by atoms with E-state index in [0.29, 0.717) is 32.7 Å². The molecule has 148 heavy (non-hydrogen) atoms. The van der Waals surface area contributed by atoms with Crippen molar-refractivity contribution < 1.29 is 102 Å². The lowest BCUT2D eigenvalue weighted by atomic mass is 9.94. The third kappa shape index (κ3) is 35.5. The quantitative estimate of drug-likeness (QED) is 0.0236. The smallest absolute Gasteiger partial charge is 0.143 e. The summed E-state index contributed by atoms with van der Waals surface area (Å²) in [6, 6.07) is 33.9. The van der Waals surface area contributed by atoms with Crippen LogP contribution in [0.1, 0.15) is 145 Å². The van der Waals surface area contributed by atoms with Crippen LogP contribution in [0.25, 0.3) is 28.4 Å². The zero-order valence-electron chi connectivity index (χ0n) is 85.3. The number of unbranched alkanes of at least 4 members (excludes halogenated alkanes) is 15. The maximum absolute atomic E-state index is 10.0. The monoisotopic (exact) mass is 2070 g/mol. The number of rotatable bonds is 50. The molecule has 5 saturated heterocycles. The summed E-state index contributed by atoms with van der Waals surface area (Å²) in [4.78, 5) is 14.9. The molecule has 0 aliphatic carbocycles. The van der Waals surface area contributed by atoms with Crippen molar-refractivity contribution in [3.05, 3.63) is 182 Å². The first kappa shape index (κ1) is 118. The first-order valence-corrected chi connectivity index (χ1v) is 52.2. The Kier molecular flexibility index (Phi) is 49.9. The molecule has 0 amide bonds. The Morgan fingerprint density at radius 2 is 0.588 bits per heavy atom. The van der Waals surface area contributed by atoms with Gasteiger partial charge in [0.15, 0.2) is 0 Å². The molecule has 5 aromatic carbocycles. The largest absolute Gasteiger partial charge is 0.395 e. The van der Waals surface area contributed by atoms with Gasteiger partial charge in [-0.25, -0.2) is 23.7 Å². The maximum Gasteiger partial charge on any atom is 0.143 e. The molecular formula is C103H161N25O20. The SMILES string of the molecule is Cc1cc(NCCCCCCN2C[C@H](O)[C@@H](O)[C@H](O)[C@H]2CO)ccc1-n1ccnn1.Cc1cc(NCCCCCCN2C[C@H](O)[C@@H](O)[C@H](O)[C@H]2CO)ccc1-n1cnnn1.Cc1cc(NCCCCCCN2C[C@H](O)[C@@H](O)[C@H](O)[C@H]2CO)ccc1-n1nccn1.OC[C@@H]1[C@@H](O)[C@H](O)[C@@H](O)CN1CCCCCCNc1ccc(-n2cccn2)cc1.OC[C@@H]1[C@@H](O)[C@H](O)[C@@H](O)CN1CCCCCCNc1ccc(-n2cncn2)cc1. The summed E-state index contributed by atoms with van der Waals surface area (Å²) in [5.74, 6) is 0. The Morgan fingerprint density at radius 1 is 0.277 bits per heavy atom. The Bertz CT molecular complexity index is 4790. The summed E-state index contributed by atoms with van der Waals surface area (Å²) in [6.45, 7) is 14.1. The van der Waals surface area contributed by atoms with Gasteiger partial charge in [0.2, 0.25) is 0 Å². The van der Waals surface area contributed by atoms with E-state index in [1.807, 2.05) is 146 Å². The Morgan fingerprint density at radius 3 is 0.872 bits per heavy atom. The fourth-order valence-corrected chi connectivity index (χ4v) is 19.5. The molecule has 0 saturated carbocycles. The molecule has 10 aromatic rings. The molecule has 0 spiro atoms. The van der Waals surface area contributed by atoms with Crippen LogP contribution in [0.2, 0.25) is 0 Å². The van der Waals surface area contributed by atoms with E-state index >= 15 is 0 Å². The van der Waals surface area contributed by atoms with Gasteiger partial charge in [0.05, 0.1) is 147 Å². The average molecular weight is 2070 g/mol. The predicted octanol–water partition coefficient (Wildman–Crippen LogP) is 0.919. The number of likely N-dealkylation sites (tertiary alicyclic amines) is 5. The molecule has 45 heteroatoms. The van der Waals surface area contributed by atoms with Gasteiger partial charge in [-0.3, -0.25) is 24.5 Å². The average Bonchev–Trinajstić information content (AvgIpc) is 1.37. The van der Waals surface area contributed by atoms with Crippen LogP contribution in [0.3, 0.4) is 0 Å². The van der Waals surface area contributed by atoms with E-state index in [0.717, 1.165) is 235 Å². The number of aliphatic hydroxyl groups is 20. The lowest BCUT2D eigenvalue weighted by Gasteiger charge is -2.43. The highest BCUT2D eigenvalue weighted by Gasteiger charge is 2.45. The molecule has 0 bridgehead atoms. The van der Waals surface area contributed by atoms with Crippen LogP contribution >= 0.6 is 0 Å². The maximum atomic E-state index is 10.0. The van der Waals surface area contributed by atoms with Gasteiger partial charge in [0, 0.05) is 106 Å². The zero-order chi connectivity index (χ0) is 106. The molecule has 10 heterocycles. The number of anilines is 5.